The van der Waals surface area contributed by atoms with E-state index in [-0.39, 0.29) is 5.91 Å². The van der Waals surface area contributed by atoms with Gasteiger partial charge in [0.15, 0.2) is 0 Å². The lowest BCUT2D eigenvalue weighted by molar-refractivity contribution is 0.0923. The minimum atomic E-state index is 0.0438. The Morgan fingerprint density at radius 3 is 2.13 bits per heavy atom. The van der Waals surface area contributed by atoms with E-state index in [4.69, 9.17) is 4.74 Å². The van der Waals surface area contributed by atoms with Gasteiger partial charge in [-0.15, -0.1) is 0 Å². The zero-order valence-electron chi connectivity index (χ0n) is 23.4. The highest BCUT2D eigenvalue weighted by atomic mass is 16.5. The number of nitrogens with zero attached hydrogens (tertiary/aromatic N) is 2. The van der Waals surface area contributed by atoms with E-state index in [9.17, 15) is 4.79 Å². The molecule has 39 heavy (non-hydrogen) atoms. The largest absolute Gasteiger partial charge is 0.380 e. The van der Waals surface area contributed by atoms with Crippen LogP contribution < -0.4 is 10.2 Å². The maximum atomic E-state index is 13.3. The summed E-state index contributed by atoms with van der Waals surface area (Å²) in [6.45, 7) is 5.51. The van der Waals surface area contributed by atoms with Crippen LogP contribution in [0.4, 0.5) is 5.69 Å². The molecule has 5 heteroatoms. The van der Waals surface area contributed by atoms with Gasteiger partial charge in [0, 0.05) is 56.5 Å². The van der Waals surface area contributed by atoms with Crippen LogP contribution >= 0.6 is 0 Å². The number of carbonyl (C=O) groups excluding carboxylic acids is 1. The number of rotatable bonds is 10. The van der Waals surface area contributed by atoms with Crippen LogP contribution in [0.15, 0.2) is 78.9 Å². The first-order valence-electron chi connectivity index (χ1n) is 14.7. The van der Waals surface area contributed by atoms with Crippen molar-refractivity contribution in [1.29, 1.82) is 0 Å². The Labute approximate surface area is 234 Å². The molecule has 2 aliphatic rings. The number of amides is 1. The van der Waals surface area contributed by atoms with Crippen molar-refractivity contribution in [3.05, 3.63) is 101 Å². The molecule has 5 rings (SSSR count). The highest BCUT2D eigenvalue weighted by Gasteiger charge is 2.23. The average Bonchev–Trinajstić information content (AvgIpc) is 2.99. The lowest BCUT2D eigenvalue weighted by atomic mass is 9.88. The summed E-state index contributed by atoms with van der Waals surface area (Å²) in [6.07, 6.45) is 6.97. The van der Waals surface area contributed by atoms with Gasteiger partial charge in [0.2, 0.25) is 0 Å². The highest BCUT2D eigenvalue weighted by Crippen LogP contribution is 2.29. The normalized spacial score (nSPS) is 16.9. The molecular formula is C34H43N3O2. The number of hydrogen-bond donors (Lipinski definition) is 1. The molecule has 3 aromatic carbocycles. The predicted molar refractivity (Wildman–Crippen MR) is 159 cm³/mol. The van der Waals surface area contributed by atoms with E-state index in [1.807, 2.05) is 0 Å². The molecule has 1 N–H and O–H groups in total. The minimum absolute atomic E-state index is 0.0438. The van der Waals surface area contributed by atoms with E-state index in [1.54, 1.807) is 7.11 Å². The van der Waals surface area contributed by atoms with E-state index in [1.165, 1.54) is 30.4 Å². The van der Waals surface area contributed by atoms with Gasteiger partial charge < -0.3 is 15.0 Å². The van der Waals surface area contributed by atoms with E-state index in [0.717, 1.165) is 68.8 Å². The SMILES string of the molecule is COCc1ccc(N2CCN(CCC(c3ccccc3)c3ccccc3)CC2)cc1C(=O)NC1CCCCC1. The van der Waals surface area contributed by atoms with Crippen LogP contribution in [0.25, 0.3) is 0 Å². The molecular weight excluding hydrogens is 482 g/mol. The maximum absolute atomic E-state index is 13.3. The number of piperazine rings is 1. The summed E-state index contributed by atoms with van der Waals surface area (Å²) in [7, 11) is 1.69. The van der Waals surface area contributed by atoms with E-state index in [2.05, 4.69) is 94.0 Å². The Bertz CT molecular complexity index is 1130. The molecule has 3 aromatic rings. The van der Waals surface area contributed by atoms with Crippen LogP contribution in [0.1, 0.15) is 71.5 Å². The van der Waals surface area contributed by atoms with Gasteiger partial charge in [-0.3, -0.25) is 9.69 Å². The summed E-state index contributed by atoms with van der Waals surface area (Å²) in [5.74, 6) is 0.450. The molecule has 1 heterocycles. The molecule has 1 saturated carbocycles. The molecule has 0 radical (unpaired) electrons. The fourth-order valence-electron chi connectivity index (χ4n) is 6.20. The van der Waals surface area contributed by atoms with Gasteiger partial charge in [-0.05, 0) is 54.6 Å². The van der Waals surface area contributed by atoms with E-state index >= 15 is 0 Å². The number of ether oxygens (including phenoxy) is 1. The molecule has 1 aliphatic heterocycles. The van der Waals surface area contributed by atoms with Crippen molar-refractivity contribution in [1.82, 2.24) is 10.2 Å². The first-order valence-corrected chi connectivity index (χ1v) is 14.7. The molecule has 1 aliphatic carbocycles. The zero-order valence-corrected chi connectivity index (χ0v) is 23.4. The van der Waals surface area contributed by atoms with Crippen LogP contribution in [0, 0.1) is 0 Å². The Kier molecular flexibility index (Phi) is 9.68. The van der Waals surface area contributed by atoms with Crippen LogP contribution in [0.5, 0.6) is 0 Å². The van der Waals surface area contributed by atoms with Gasteiger partial charge in [0.05, 0.1) is 6.61 Å². The molecule has 0 unspecified atom stereocenters. The molecule has 1 amide bonds. The third-order valence-corrected chi connectivity index (χ3v) is 8.45. The molecule has 1 saturated heterocycles. The lowest BCUT2D eigenvalue weighted by Gasteiger charge is -2.37. The van der Waals surface area contributed by atoms with E-state index in [0.29, 0.717) is 18.6 Å². The number of hydrogen-bond acceptors (Lipinski definition) is 4. The van der Waals surface area contributed by atoms with Crippen molar-refractivity contribution in [3.63, 3.8) is 0 Å². The number of anilines is 1. The number of nitrogens with one attached hydrogen (secondary N) is 1. The van der Waals surface area contributed by atoms with E-state index < -0.39 is 0 Å². The predicted octanol–water partition coefficient (Wildman–Crippen LogP) is 6.24. The molecule has 0 bridgehead atoms. The molecule has 0 spiro atoms. The lowest BCUT2D eigenvalue weighted by Crippen LogP contribution is -2.47. The van der Waals surface area contributed by atoms with Gasteiger partial charge in [-0.25, -0.2) is 0 Å². The Balaban J connectivity index is 1.21. The summed E-state index contributed by atoms with van der Waals surface area (Å²) < 4.78 is 5.42. The fraction of sp³-hybridized carbons (Fsp3) is 0.441. The smallest absolute Gasteiger partial charge is 0.251 e. The Morgan fingerprint density at radius 1 is 0.872 bits per heavy atom. The summed E-state index contributed by atoms with van der Waals surface area (Å²) in [6, 6.07) is 28.4. The third kappa shape index (κ3) is 7.28. The fourth-order valence-corrected chi connectivity index (χ4v) is 6.20. The van der Waals surface area contributed by atoms with Crippen molar-refractivity contribution in [2.75, 3.05) is 44.7 Å². The monoisotopic (exact) mass is 525 g/mol. The van der Waals surface area contributed by atoms with Crippen LogP contribution in [0.3, 0.4) is 0 Å². The summed E-state index contributed by atoms with van der Waals surface area (Å²) in [4.78, 5) is 18.3. The van der Waals surface area contributed by atoms with Gasteiger partial charge in [-0.2, -0.15) is 0 Å². The second kappa shape index (κ2) is 13.8. The van der Waals surface area contributed by atoms with Crippen molar-refractivity contribution >= 4 is 11.6 Å². The molecule has 0 aromatic heterocycles. The summed E-state index contributed by atoms with van der Waals surface area (Å²) in [5, 5.41) is 3.30. The highest BCUT2D eigenvalue weighted by molar-refractivity contribution is 5.97. The first-order chi connectivity index (χ1) is 19.2. The summed E-state index contributed by atoms with van der Waals surface area (Å²) >= 11 is 0. The molecule has 2 fully saturated rings. The van der Waals surface area contributed by atoms with Crippen molar-refractivity contribution in [2.45, 2.75) is 57.1 Å². The number of benzene rings is 3. The summed E-state index contributed by atoms with van der Waals surface area (Å²) in [5.41, 5.74) is 5.63. The third-order valence-electron chi connectivity index (χ3n) is 8.45. The van der Waals surface area contributed by atoms with Crippen LogP contribution in [-0.2, 0) is 11.3 Å². The minimum Gasteiger partial charge on any atom is -0.380 e. The Hall–Kier alpha value is -3.15. The number of methoxy groups -OCH3 is 1. The number of carbonyl (C=O) groups is 1. The van der Waals surface area contributed by atoms with Gasteiger partial charge >= 0.3 is 0 Å². The second-order valence-electron chi connectivity index (χ2n) is 11.1. The van der Waals surface area contributed by atoms with Crippen LogP contribution in [0.2, 0.25) is 0 Å². The van der Waals surface area contributed by atoms with Gasteiger partial charge in [0.1, 0.15) is 0 Å². The van der Waals surface area contributed by atoms with Gasteiger partial charge in [0.25, 0.3) is 5.91 Å². The average molecular weight is 526 g/mol. The van der Waals surface area contributed by atoms with Crippen molar-refractivity contribution in [2.24, 2.45) is 0 Å². The zero-order chi connectivity index (χ0) is 26.9. The Morgan fingerprint density at radius 2 is 1.51 bits per heavy atom. The standard InChI is InChI=1S/C34H43N3O2/c1-39-26-29-17-18-31(25-33(29)34(38)35-30-15-9-4-10-16-30)37-23-21-36(22-24-37)20-19-32(27-11-5-2-6-12-27)28-13-7-3-8-14-28/h2-3,5-8,11-14,17-18,25,30,32H,4,9-10,15-16,19-24,26H2,1H3,(H,35,38). The molecule has 206 valence electrons. The van der Waals surface area contributed by atoms with Crippen LogP contribution in [-0.4, -0.2) is 56.7 Å². The quantitative estimate of drug-likeness (QED) is 0.340. The second-order valence-corrected chi connectivity index (χ2v) is 11.1. The molecule has 0 atom stereocenters. The first kappa shape index (κ1) is 27.4. The molecule has 5 nitrogen and oxygen atoms in total. The van der Waals surface area contributed by atoms with Crippen molar-refractivity contribution < 1.29 is 9.53 Å². The topological polar surface area (TPSA) is 44.8 Å². The van der Waals surface area contributed by atoms with Crippen molar-refractivity contribution in [3.8, 4) is 0 Å². The maximum Gasteiger partial charge on any atom is 0.251 e. The van der Waals surface area contributed by atoms with Gasteiger partial charge in [-0.1, -0.05) is 86.0 Å².